The molecular weight excluding hydrogens is 497 g/mol. The number of rotatable bonds is 7. The maximum atomic E-state index is 12.9. The average Bonchev–Trinajstić information content (AvgIpc) is 3.49. The van der Waals surface area contributed by atoms with Crippen LogP contribution in [0.1, 0.15) is 16.1 Å². The standard InChI is InChI=1S/C23H25Cl2N5O5/c1-27(13-15-2-3-17(24)18(25)12-15)21(32)16-14-30(23(34)20(16)31)11-8-28-6-9-29(10-7-28)22(33)19-4-5-26-35-19/h2-5,12,31H,6-11,13-14H2,1H3. The van der Waals surface area contributed by atoms with E-state index in [1.165, 1.54) is 22.1 Å². The third-order valence-electron chi connectivity index (χ3n) is 6.13. The Hall–Kier alpha value is -3.08. The Morgan fingerprint density at radius 2 is 1.86 bits per heavy atom. The smallest absolute Gasteiger partial charge is 0.292 e. The SMILES string of the molecule is CN(Cc1ccc(Cl)c(Cl)c1)C(=O)C1=C(O)C(=O)N(CCN2CCN(C(=O)c3ccno3)CC2)C1. The monoisotopic (exact) mass is 521 g/mol. The summed E-state index contributed by atoms with van der Waals surface area (Å²) in [6.45, 7) is 3.53. The molecule has 2 aliphatic rings. The number of halogens is 2. The number of hydrogen-bond acceptors (Lipinski definition) is 7. The molecule has 12 heteroatoms. The first kappa shape index (κ1) is 25.0. The molecule has 1 saturated heterocycles. The van der Waals surface area contributed by atoms with Gasteiger partial charge in [0, 0.05) is 58.9 Å². The van der Waals surface area contributed by atoms with Crippen LogP contribution in [0.15, 0.2) is 46.3 Å². The van der Waals surface area contributed by atoms with Crippen LogP contribution in [0.2, 0.25) is 10.0 Å². The number of amides is 3. The fourth-order valence-electron chi connectivity index (χ4n) is 4.10. The molecule has 3 amide bonds. The van der Waals surface area contributed by atoms with Gasteiger partial charge in [0.2, 0.25) is 5.76 Å². The third-order valence-corrected chi connectivity index (χ3v) is 6.87. The average molecular weight is 522 g/mol. The summed E-state index contributed by atoms with van der Waals surface area (Å²) in [5.74, 6) is -1.49. The van der Waals surface area contributed by atoms with E-state index in [1.54, 1.807) is 30.1 Å². The number of aliphatic hydroxyl groups is 1. The molecule has 0 unspecified atom stereocenters. The van der Waals surface area contributed by atoms with Crippen molar-refractivity contribution >= 4 is 40.9 Å². The van der Waals surface area contributed by atoms with Gasteiger partial charge in [0.25, 0.3) is 17.7 Å². The Labute approximate surface area is 212 Å². The van der Waals surface area contributed by atoms with Crippen LogP contribution in [-0.4, -0.2) is 100 Å². The van der Waals surface area contributed by atoms with Gasteiger partial charge in [-0.15, -0.1) is 0 Å². The van der Waals surface area contributed by atoms with Gasteiger partial charge in [0.1, 0.15) is 0 Å². The summed E-state index contributed by atoms with van der Waals surface area (Å²) < 4.78 is 4.93. The van der Waals surface area contributed by atoms with E-state index in [-0.39, 0.29) is 30.3 Å². The van der Waals surface area contributed by atoms with Gasteiger partial charge in [0.05, 0.1) is 28.4 Å². The van der Waals surface area contributed by atoms with Crippen molar-refractivity contribution in [1.82, 2.24) is 24.8 Å². The van der Waals surface area contributed by atoms with Crippen LogP contribution in [0, 0.1) is 0 Å². The highest BCUT2D eigenvalue weighted by Gasteiger charge is 2.35. The van der Waals surface area contributed by atoms with E-state index in [1.807, 2.05) is 0 Å². The zero-order valence-corrected chi connectivity index (χ0v) is 20.6. The van der Waals surface area contributed by atoms with Crippen molar-refractivity contribution in [2.24, 2.45) is 0 Å². The summed E-state index contributed by atoms with van der Waals surface area (Å²) in [7, 11) is 1.60. The molecule has 1 aromatic heterocycles. The Balaban J connectivity index is 1.26. The second kappa shape index (κ2) is 10.7. The van der Waals surface area contributed by atoms with Crippen molar-refractivity contribution in [3.8, 4) is 0 Å². The van der Waals surface area contributed by atoms with Gasteiger partial charge in [-0.3, -0.25) is 19.3 Å². The number of hydrogen-bond donors (Lipinski definition) is 1. The predicted molar refractivity (Wildman–Crippen MR) is 128 cm³/mol. The molecule has 186 valence electrons. The summed E-state index contributed by atoms with van der Waals surface area (Å²) in [5, 5.41) is 14.7. The fraction of sp³-hybridized carbons (Fsp3) is 0.391. The van der Waals surface area contributed by atoms with Gasteiger partial charge in [-0.25, -0.2) is 0 Å². The molecule has 0 bridgehead atoms. The molecule has 4 rings (SSSR count). The summed E-state index contributed by atoms with van der Waals surface area (Å²) in [4.78, 5) is 44.5. The van der Waals surface area contributed by atoms with Crippen molar-refractivity contribution in [3.05, 3.63) is 63.2 Å². The molecule has 0 aliphatic carbocycles. The minimum atomic E-state index is -0.560. The van der Waals surface area contributed by atoms with Gasteiger partial charge < -0.3 is 24.3 Å². The zero-order chi connectivity index (χ0) is 25.1. The Kier molecular flexibility index (Phi) is 7.63. The Bertz CT molecular complexity index is 1150. The van der Waals surface area contributed by atoms with Crippen molar-refractivity contribution in [3.63, 3.8) is 0 Å². The van der Waals surface area contributed by atoms with E-state index < -0.39 is 17.6 Å². The molecule has 3 heterocycles. The van der Waals surface area contributed by atoms with Crippen LogP contribution in [-0.2, 0) is 16.1 Å². The van der Waals surface area contributed by atoms with Crippen LogP contribution >= 0.6 is 23.2 Å². The maximum absolute atomic E-state index is 12.9. The van der Waals surface area contributed by atoms with Crippen molar-refractivity contribution in [2.45, 2.75) is 6.54 Å². The lowest BCUT2D eigenvalue weighted by Crippen LogP contribution is -2.50. The summed E-state index contributed by atoms with van der Waals surface area (Å²) in [5.41, 5.74) is 0.845. The molecule has 1 fully saturated rings. The number of likely N-dealkylation sites (N-methyl/N-ethyl adjacent to an activating group) is 1. The minimum absolute atomic E-state index is 0.0408. The van der Waals surface area contributed by atoms with Gasteiger partial charge >= 0.3 is 0 Å². The molecule has 0 atom stereocenters. The highest BCUT2D eigenvalue weighted by molar-refractivity contribution is 6.42. The first-order chi connectivity index (χ1) is 16.7. The van der Waals surface area contributed by atoms with Crippen LogP contribution in [0.25, 0.3) is 0 Å². The molecule has 1 aromatic carbocycles. The molecule has 0 saturated carbocycles. The second-order valence-corrected chi connectivity index (χ2v) is 9.29. The van der Waals surface area contributed by atoms with Gasteiger partial charge in [-0.05, 0) is 17.7 Å². The largest absolute Gasteiger partial charge is 0.503 e. The molecular formula is C23H25Cl2N5O5. The number of carbonyl (C=O) groups excluding carboxylic acids is 3. The molecule has 35 heavy (non-hydrogen) atoms. The van der Waals surface area contributed by atoms with Crippen LogP contribution in [0.4, 0.5) is 0 Å². The third kappa shape index (κ3) is 5.61. The van der Waals surface area contributed by atoms with E-state index in [0.717, 1.165) is 5.56 Å². The van der Waals surface area contributed by atoms with Crippen LogP contribution < -0.4 is 0 Å². The lowest BCUT2D eigenvalue weighted by atomic mass is 10.2. The van der Waals surface area contributed by atoms with Crippen molar-refractivity contribution in [1.29, 1.82) is 0 Å². The van der Waals surface area contributed by atoms with Gasteiger partial charge in [-0.2, -0.15) is 0 Å². The lowest BCUT2D eigenvalue weighted by molar-refractivity contribution is -0.128. The molecule has 0 radical (unpaired) electrons. The topological polar surface area (TPSA) is 110 Å². The molecule has 10 nitrogen and oxygen atoms in total. The quantitative estimate of drug-likeness (QED) is 0.593. The molecule has 1 N–H and O–H groups in total. The van der Waals surface area contributed by atoms with E-state index >= 15 is 0 Å². The molecule has 2 aliphatic heterocycles. The minimum Gasteiger partial charge on any atom is -0.503 e. The first-order valence-corrected chi connectivity index (χ1v) is 11.8. The second-order valence-electron chi connectivity index (χ2n) is 8.47. The van der Waals surface area contributed by atoms with E-state index in [0.29, 0.717) is 49.3 Å². The van der Waals surface area contributed by atoms with E-state index in [9.17, 15) is 19.5 Å². The lowest BCUT2D eigenvalue weighted by Gasteiger charge is -2.35. The van der Waals surface area contributed by atoms with Crippen molar-refractivity contribution < 1.29 is 24.0 Å². The highest BCUT2D eigenvalue weighted by Crippen LogP contribution is 2.24. The van der Waals surface area contributed by atoms with Crippen LogP contribution in [0.5, 0.6) is 0 Å². The summed E-state index contributed by atoms with van der Waals surface area (Å²) in [6, 6.07) is 6.62. The van der Waals surface area contributed by atoms with E-state index in [4.69, 9.17) is 27.7 Å². The predicted octanol–water partition coefficient (Wildman–Crippen LogP) is 2.05. The molecule has 2 aromatic rings. The van der Waals surface area contributed by atoms with Crippen LogP contribution in [0.3, 0.4) is 0 Å². The number of nitrogens with zero attached hydrogens (tertiary/aromatic N) is 5. The summed E-state index contributed by atoms with van der Waals surface area (Å²) >= 11 is 12.0. The Morgan fingerprint density at radius 1 is 1.11 bits per heavy atom. The van der Waals surface area contributed by atoms with Gasteiger partial charge in [0.15, 0.2) is 5.76 Å². The maximum Gasteiger partial charge on any atom is 0.292 e. The van der Waals surface area contributed by atoms with Crippen molar-refractivity contribution in [2.75, 3.05) is 52.9 Å². The number of aliphatic hydroxyl groups excluding tert-OH is 1. The fourth-order valence-corrected chi connectivity index (χ4v) is 4.42. The Morgan fingerprint density at radius 3 is 2.51 bits per heavy atom. The number of piperazine rings is 1. The summed E-state index contributed by atoms with van der Waals surface area (Å²) in [6.07, 6.45) is 1.43. The molecule has 0 spiro atoms. The van der Waals surface area contributed by atoms with Gasteiger partial charge in [-0.1, -0.05) is 34.4 Å². The first-order valence-electron chi connectivity index (χ1n) is 11.1. The number of aromatic nitrogens is 1. The number of carbonyl (C=O) groups is 3. The number of benzene rings is 1. The normalized spacial score (nSPS) is 16.8. The highest BCUT2D eigenvalue weighted by atomic mass is 35.5. The zero-order valence-electron chi connectivity index (χ0n) is 19.1. The van der Waals surface area contributed by atoms with E-state index in [2.05, 4.69) is 10.1 Å².